The van der Waals surface area contributed by atoms with Crippen molar-refractivity contribution in [3.63, 3.8) is 0 Å². The van der Waals surface area contributed by atoms with Crippen molar-refractivity contribution in [3.05, 3.63) is 0 Å². The Balaban J connectivity index is 3.98. The van der Waals surface area contributed by atoms with Crippen LogP contribution >= 0.6 is 7.82 Å². The second-order valence-corrected chi connectivity index (χ2v) is 3.41. The Kier molecular flexibility index (Phi) is 6.20. The molecule has 0 unspecified atom stereocenters. The molecule has 72 valence electrons. The number of phosphoric acid groups is 1. The van der Waals surface area contributed by atoms with E-state index in [9.17, 15) is 9.36 Å². The van der Waals surface area contributed by atoms with Crippen molar-refractivity contribution in [1.82, 2.24) is 0 Å². The minimum Gasteiger partial charge on any atom is -0.301 e. The summed E-state index contributed by atoms with van der Waals surface area (Å²) in [5.41, 5.74) is 0. The molecule has 5 nitrogen and oxygen atoms in total. The number of hydrogen-bond acceptors (Lipinski definition) is 5. The molecule has 0 aliphatic rings. The van der Waals surface area contributed by atoms with Crippen molar-refractivity contribution in [1.29, 1.82) is 0 Å². The Morgan fingerprint density at radius 2 is 1.67 bits per heavy atom. The molecule has 6 heteroatoms. The molecule has 0 heterocycles. The van der Waals surface area contributed by atoms with Crippen molar-refractivity contribution in [2.24, 2.45) is 0 Å². The van der Waals surface area contributed by atoms with E-state index in [2.05, 4.69) is 4.52 Å². The molecule has 0 saturated carbocycles. The van der Waals surface area contributed by atoms with Gasteiger partial charge in [-0.1, -0.05) is 0 Å². The van der Waals surface area contributed by atoms with E-state index in [4.69, 9.17) is 9.05 Å². The maximum Gasteiger partial charge on any atom is 0.475 e. The molecule has 0 aliphatic heterocycles. The van der Waals surface area contributed by atoms with Gasteiger partial charge in [0, 0.05) is 0 Å². The molecule has 0 radical (unpaired) electrons. The van der Waals surface area contributed by atoms with Gasteiger partial charge in [-0.05, 0) is 13.8 Å². The van der Waals surface area contributed by atoms with Crippen molar-refractivity contribution in [2.45, 2.75) is 13.8 Å². The second kappa shape index (κ2) is 6.31. The van der Waals surface area contributed by atoms with Crippen molar-refractivity contribution >= 4 is 14.1 Å². The lowest BCUT2D eigenvalue weighted by Gasteiger charge is -2.14. The van der Waals surface area contributed by atoms with Crippen LogP contribution in [0.15, 0.2) is 0 Å². The van der Waals surface area contributed by atoms with Crippen LogP contribution in [0.2, 0.25) is 0 Å². The number of aldehydes is 1. The Morgan fingerprint density at radius 3 is 2.00 bits per heavy atom. The Bertz CT molecular complexity index is 159. The molecule has 0 atom stereocenters. The van der Waals surface area contributed by atoms with Gasteiger partial charge in [0.1, 0.15) is 12.9 Å². The summed E-state index contributed by atoms with van der Waals surface area (Å²) in [5, 5.41) is 0. The van der Waals surface area contributed by atoms with Crippen LogP contribution in [0.4, 0.5) is 0 Å². The summed E-state index contributed by atoms with van der Waals surface area (Å²) >= 11 is 0. The molecule has 0 saturated heterocycles. The first-order valence-electron chi connectivity index (χ1n) is 3.65. The van der Waals surface area contributed by atoms with Gasteiger partial charge in [-0.2, -0.15) is 0 Å². The number of carbonyl (C=O) groups excluding carboxylic acids is 1. The van der Waals surface area contributed by atoms with Gasteiger partial charge in [-0.3, -0.25) is 13.6 Å². The predicted molar refractivity (Wildman–Crippen MR) is 42.9 cm³/mol. The first-order valence-corrected chi connectivity index (χ1v) is 5.12. The highest BCUT2D eigenvalue weighted by Crippen LogP contribution is 2.48. The van der Waals surface area contributed by atoms with Crippen molar-refractivity contribution < 1.29 is 22.9 Å². The molecule has 0 fully saturated rings. The van der Waals surface area contributed by atoms with E-state index >= 15 is 0 Å². The Hall–Kier alpha value is -0.220. The summed E-state index contributed by atoms with van der Waals surface area (Å²) < 4.78 is 25.4. The zero-order valence-corrected chi connectivity index (χ0v) is 8.08. The number of rotatable bonds is 7. The van der Waals surface area contributed by atoms with Gasteiger partial charge in [0.15, 0.2) is 0 Å². The highest BCUT2D eigenvalue weighted by atomic mass is 31.2. The van der Waals surface area contributed by atoms with Crippen molar-refractivity contribution in [3.8, 4) is 0 Å². The van der Waals surface area contributed by atoms with Crippen LogP contribution < -0.4 is 0 Å². The lowest BCUT2D eigenvalue weighted by molar-refractivity contribution is -0.110. The molecule has 0 aromatic heterocycles. The fraction of sp³-hybridized carbons (Fsp3) is 0.833. The van der Waals surface area contributed by atoms with Crippen LogP contribution in [0.5, 0.6) is 0 Å². The maximum absolute atomic E-state index is 11.3. The summed E-state index contributed by atoms with van der Waals surface area (Å²) in [5.74, 6) is 0. The second-order valence-electron chi connectivity index (χ2n) is 1.75. The molecule has 0 rings (SSSR count). The number of phosphoric ester groups is 1. The van der Waals surface area contributed by atoms with Gasteiger partial charge < -0.3 is 4.79 Å². The molecule has 0 aliphatic carbocycles. The minimum absolute atomic E-state index is 0.218. The van der Waals surface area contributed by atoms with Gasteiger partial charge in [0.05, 0.1) is 13.2 Å². The predicted octanol–water partition coefficient (Wildman–Crippen LogP) is 1.38. The van der Waals surface area contributed by atoms with E-state index in [-0.39, 0.29) is 19.8 Å². The quantitative estimate of drug-likeness (QED) is 0.454. The molecule has 0 amide bonds. The number of hydrogen-bond donors (Lipinski definition) is 0. The molecular weight excluding hydrogens is 183 g/mol. The Morgan fingerprint density at radius 1 is 1.17 bits per heavy atom. The smallest absolute Gasteiger partial charge is 0.301 e. The van der Waals surface area contributed by atoms with E-state index in [1.807, 2.05) is 0 Å². The fourth-order valence-corrected chi connectivity index (χ4v) is 1.65. The zero-order chi connectivity index (χ0) is 9.45. The van der Waals surface area contributed by atoms with Gasteiger partial charge in [0.2, 0.25) is 0 Å². The van der Waals surface area contributed by atoms with Crippen LogP contribution in [0.1, 0.15) is 13.8 Å². The van der Waals surface area contributed by atoms with Crippen LogP contribution in [0, 0.1) is 0 Å². The van der Waals surface area contributed by atoms with E-state index in [0.29, 0.717) is 6.29 Å². The van der Waals surface area contributed by atoms with Crippen molar-refractivity contribution in [2.75, 3.05) is 19.8 Å². The first kappa shape index (κ1) is 11.8. The third-order valence-corrected chi connectivity index (χ3v) is 2.49. The fourth-order valence-electron chi connectivity index (χ4n) is 0.550. The van der Waals surface area contributed by atoms with E-state index < -0.39 is 7.82 Å². The van der Waals surface area contributed by atoms with Crippen LogP contribution in [-0.2, 0) is 22.9 Å². The highest BCUT2D eigenvalue weighted by molar-refractivity contribution is 7.48. The first-order chi connectivity index (χ1) is 5.68. The molecule has 0 spiro atoms. The molecule has 0 aromatic carbocycles. The van der Waals surface area contributed by atoms with E-state index in [1.54, 1.807) is 13.8 Å². The molecular formula is C6H13O5P. The average molecular weight is 196 g/mol. The van der Waals surface area contributed by atoms with Gasteiger partial charge in [-0.25, -0.2) is 4.57 Å². The van der Waals surface area contributed by atoms with Crippen LogP contribution in [0.3, 0.4) is 0 Å². The maximum atomic E-state index is 11.3. The summed E-state index contributed by atoms with van der Waals surface area (Å²) in [4.78, 5) is 9.90. The third-order valence-electron chi connectivity index (χ3n) is 0.875. The minimum atomic E-state index is -3.47. The van der Waals surface area contributed by atoms with Gasteiger partial charge in [-0.15, -0.1) is 0 Å². The summed E-state index contributed by atoms with van der Waals surface area (Å²) in [6, 6.07) is 0. The van der Waals surface area contributed by atoms with Crippen LogP contribution in [0.25, 0.3) is 0 Å². The van der Waals surface area contributed by atoms with E-state index in [0.717, 1.165) is 0 Å². The highest BCUT2D eigenvalue weighted by Gasteiger charge is 2.24. The van der Waals surface area contributed by atoms with Crippen LogP contribution in [-0.4, -0.2) is 26.1 Å². The summed E-state index contributed by atoms with van der Waals surface area (Å²) in [7, 11) is -3.47. The monoisotopic (exact) mass is 196 g/mol. The molecule has 0 N–H and O–H groups in total. The normalized spacial score (nSPS) is 11.5. The van der Waals surface area contributed by atoms with Gasteiger partial charge >= 0.3 is 7.82 Å². The molecule has 0 aromatic rings. The number of carbonyl (C=O) groups is 1. The summed E-state index contributed by atoms with van der Waals surface area (Å²) in [6.45, 7) is 3.48. The topological polar surface area (TPSA) is 61.8 Å². The molecule has 12 heavy (non-hydrogen) atoms. The molecule has 0 bridgehead atoms. The largest absolute Gasteiger partial charge is 0.475 e. The lowest BCUT2D eigenvalue weighted by atomic mass is 10.9. The average Bonchev–Trinajstić information content (AvgIpc) is 2.02. The summed E-state index contributed by atoms with van der Waals surface area (Å²) in [6.07, 6.45) is 0.491. The SMILES string of the molecule is CCOP(=O)(OCC)OCC=O. The standard InChI is InChI=1S/C6H13O5P/c1-3-9-12(8,10-4-2)11-6-5-7/h5H,3-4,6H2,1-2H3. The third kappa shape index (κ3) is 4.62. The van der Waals surface area contributed by atoms with E-state index in [1.165, 1.54) is 0 Å². The lowest BCUT2D eigenvalue weighted by Crippen LogP contribution is -2.01. The van der Waals surface area contributed by atoms with Gasteiger partial charge in [0.25, 0.3) is 0 Å². The zero-order valence-electron chi connectivity index (χ0n) is 7.19. The Labute approximate surface area is 71.6 Å².